The van der Waals surface area contributed by atoms with E-state index in [1.807, 2.05) is 0 Å². The first kappa shape index (κ1) is 14.4. The van der Waals surface area contributed by atoms with E-state index in [4.69, 9.17) is 10.8 Å². The second-order valence-corrected chi connectivity index (χ2v) is 4.47. The van der Waals surface area contributed by atoms with Crippen molar-refractivity contribution in [3.63, 3.8) is 0 Å². The quantitative estimate of drug-likeness (QED) is 0.565. The van der Waals surface area contributed by atoms with Gasteiger partial charge < -0.3 is 10.8 Å². The smallest absolute Gasteiger partial charge is 0.316 e. The minimum atomic E-state index is -1.62. The summed E-state index contributed by atoms with van der Waals surface area (Å²) >= 11 is 0. The Kier molecular flexibility index (Phi) is 3.57. The molecule has 0 spiro atoms. The number of aliphatic carboxylic acids is 1. The average molecular weight is 293 g/mol. The van der Waals surface area contributed by atoms with Gasteiger partial charge in [0.25, 0.3) is 5.91 Å². The topological polar surface area (TPSA) is 144 Å². The highest BCUT2D eigenvalue weighted by Crippen LogP contribution is 2.36. The van der Waals surface area contributed by atoms with Gasteiger partial charge in [0.05, 0.1) is 22.5 Å². The van der Waals surface area contributed by atoms with Gasteiger partial charge in [-0.15, -0.1) is 0 Å². The molecular weight excluding hydrogens is 282 g/mol. The van der Waals surface area contributed by atoms with Crippen molar-refractivity contribution in [3.8, 4) is 0 Å². The van der Waals surface area contributed by atoms with Crippen LogP contribution in [0.1, 0.15) is 28.5 Å². The first-order valence-corrected chi connectivity index (χ1v) is 5.90. The Morgan fingerprint density at radius 2 is 2.05 bits per heavy atom. The highest BCUT2D eigenvalue weighted by Gasteiger charge is 2.49. The summed E-state index contributed by atoms with van der Waals surface area (Å²) in [4.78, 5) is 45.6. The molecule has 3 N–H and O–H groups in total. The number of carboxylic acids is 1. The zero-order valence-corrected chi connectivity index (χ0v) is 10.6. The number of primary amides is 1. The molecule has 1 aromatic rings. The Morgan fingerprint density at radius 3 is 2.57 bits per heavy atom. The van der Waals surface area contributed by atoms with Gasteiger partial charge in [0.15, 0.2) is 0 Å². The van der Waals surface area contributed by atoms with Gasteiger partial charge in [-0.25, -0.2) is 0 Å². The van der Waals surface area contributed by atoms with Gasteiger partial charge in [0.2, 0.25) is 5.91 Å². The number of nitrogens with two attached hydrogens (primary N) is 1. The second kappa shape index (κ2) is 5.19. The van der Waals surface area contributed by atoms with Gasteiger partial charge in [-0.1, -0.05) is 12.1 Å². The van der Waals surface area contributed by atoms with Gasteiger partial charge >= 0.3 is 12.1 Å². The normalized spacial score (nSPS) is 18.2. The van der Waals surface area contributed by atoms with Crippen molar-refractivity contribution in [2.24, 2.45) is 5.73 Å². The number of carboxylic acid groups (broad SMARTS) is 1. The van der Waals surface area contributed by atoms with Crippen molar-refractivity contribution in [1.82, 2.24) is 4.90 Å². The molecule has 0 bridgehead atoms. The number of hydrogen-bond acceptors (Lipinski definition) is 5. The van der Waals surface area contributed by atoms with Crippen molar-refractivity contribution >= 4 is 17.8 Å². The van der Waals surface area contributed by atoms with Crippen LogP contribution in [0.25, 0.3) is 0 Å². The van der Waals surface area contributed by atoms with Crippen LogP contribution < -0.4 is 5.73 Å². The summed E-state index contributed by atoms with van der Waals surface area (Å²) in [5.74, 6) is -3.27. The van der Waals surface area contributed by atoms with Crippen molar-refractivity contribution < 1.29 is 24.4 Å². The molecule has 1 aromatic carbocycles. The van der Waals surface area contributed by atoms with E-state index in [0.29, 0.717) is 4.90 Å². The number of hydrogen-bond donors (Lipinski definition) is 2. The molecule has 1 aliphatic rings. The lowest BCUT2D eigenvalue weighted by Gasteiger charge is -2.25. The maximum atomic E-state index is 12.3. The third kappa shape index (κ3) is 2.40. The third-order valence-electron chi connectivity index (χ3n) is 3.20. The van der Waals surface area contributed by atoms with Gasteiger partial charge in [-0.05, 0) is 12.1 Å². The molecule has 2 unspecified atom stereocenters. The van der Waals surface area contributed by atoms with E-state index in [-0.39, 0.29) is 11.1 Å². The van der Waals surface area contributed by atoms with E-state index in [1.54, 1.807) is 0 Å². The SMILES string of the molecule is NC(=O)C(CC(=O)O)N1C(=O)c2ccccc2C1[N+](=O)[O-]. The fourth-order valence-electron chi connectivity index (χ4n) is 2.35. The largest absolute Gasteiger partial charge is 0.481 e. The lowest BCUT2D eigenvalue weighted by Crippen LogP contribution is -2.49. The molecular formula is C12H11N3O6. The molecule has 0 radical (unpaired) electrons. The number of rotatable bonds is 5. The van der Waals surface area contributed by atoms with E-state index in [0.717, 1.165) is 0 Å². The predicted octanol–water partition coefficient (Wildman–Crippen LogP) is -0.254. The van der Waals surface area contributed by atoms with Crippen molar-refractivity contribution in [2.75, 3.05) is 0 Å². The lowest BCUT2D eigenvalue weighted by molar-refractivity contribution is -0.552. The molecule has 1 aliphatic heterocycles. The molecule has 0 saturated heterocycles. The van der Waals surface area contributed by atoms with Crippen molar-refractivity contribution in [3.05, 3.63) is 45.5 Å². The maximum absolute atomic E-state index is 12.3. The van der Waals surface area contributed by atoms with E-state index in [9.17, 15) is 24.5 Å². The number of nitrogens with zero attached hydrogens (tertiary/aromatic N) is 2. The Labute approximate surface area is 118 Å². The van der Waals surface area contributed by atoms with Crippen LogP contribution in [0.5, 0.6) is 0 Å². The molecule has 9 heteroatoms. The number of carbonyl (C=O) groups is 3. The molecule has 0 saturated carbocycles. The number of benzene rings is 1. The van der Waals surface area contributed by atoms with Crippen molar-refractivity contribution in [1.29, 1.82) is 0 Å². The maximum Gasteiger partial charge on any atom is 0.316 e. The Balaban J connectivity index is 2.52. The Bertz CT molecular complexity index is 644. The average Bonchev–Trinajstić information content (AvgIpc) is 2.69. The predicted molar refractivity (Wildman–Crippen MR) is 67.6 cm³/mol. The Hall–Kier alpha value is -2.97. The second-order valence-electron chi connectivity index (χ2n) is 4.47. The summed E-state index contributed by atoms with van der Waals surface area (Å²) in [6.07, 6.45) is -2.41. The molecule has 0 aliphatic carbocycles. The number of carbonyl (C=O) groups excluding carboxylic acids is 2. The summed E-state index contributed by atoms with van der Waals surface area (Å²) in [6.45, 7) is 0. The summed E-state index contributed by atoms with van der Waals surface area (Å²) in [7, 11) is 0. The summed E-state index contributed by atoms with van der Waals surface area (Å²) in [5, 5.41) is 20.1. The number of nitro groups is 1. The molecule has 110 valence electrons. The first-order chi connectivity index (χ1) is 9.84. The Morgan fingerprint density at radius 1 is 1.43 bits per heavy atom. The lowest BCUT2D eigenvalue weighted by atomic mass is 10.1. The molecule has 2 amide bonds. The standard InChI is InChI=1S/C12H11N3O6/c13-10(18)8(5-9(16)17)14-11(15(20)21)6-3-1-2-4-7(6)12(14)19/h1-4,8,11H,5H2,(H2,13,18)(H,16,17). The van der Waals surface area contributed by atoms with Crippen molar-refractivity contribution in [2.45, 2.75) is 18.6 Å². The molecule has 2 rings (SSSR count). The van der Waals surface area contributed by atoms with E-state index < -0.39 is 41.3 Å². The van der Waals surface area contributed by atoms with Gasteiger partial charge in [-0.3, -0.25) is 29.4 Å². The molecule has 0 fully saturated rings. The highest BCUT2D eigenvalue weighted by molar-refractivity contribution is 6.02. The van der Waals surface area contributed by atoms with Crippen LogP contribution in [0, 0.1) is 10.1 Å². The molecule has 9 nitrogen and oxygen atoms in total. The number of amides is 2. The van der Waals surface area contributed by atoms with Crippen LogP contribution in [0.3, 0.4) is 0 Å². The molecule has 2 atom stereocenters. The molecule has 1 heterocycles. The summed E-state index contributed by atoms with van der Waals surface area (Å²) < 4.78 is 0. The van der Waals surface area contributed by atoms with Gasteiger partial charge in [0.1, 0.15) is 6.04 Å². The zero-order valence-electron chi connectivity index (χ0n) is 10.6. The van der Waals surface area contributed by atoms with Crippen LogP contribution in [-0.4, -0.2) is 38.8 Å². The van der Waals surface area contributed by atoms with Crippen LogP contribution in [-0.2, 0) is 9.59 Å². The van der Waals surface area contributed by atoms with E-state index >= 15 is 0 Å². The molecule has 0 aromatic heterocycles. The van der Waals surface area contributed by atoms with E-state index in [1.165, 1.54) is 24.3 Å². The van der Waals surface area contributed by atoms with E-state index in [2.05, 4.69) is 0 Å². The van der Waals surface area contributed by atoms with Gasteiger partial charge in [0, 0.05) is 0 Å². The fourth-order valence-corrected chi connectivity index (χ4v) is 2.35. The minimum Gasteiger partial charge on any atom is -0.481 e. The monoisotopic (exact) mass is 293 g/mol. The van der Waals surface area contributed by atoms with Crippen LogP contribution in [0.4, 0.5) is 0 Å². The van der Waals surface area contributed by atoms with Crippen LogP contribution >= 0.6 is 0 Å². The third-order valence-corrected chi connectivity index (χ3v) is 3.20. The summed E-state index contributed by atoms with van der Waals surface area (Å²) in [5.41, 5.74) is 5.29. The highest BCUT2D eigenvalue weighted by atomic mass is 16.6. The number of fused-ring (bicyclic) bond motifs is 1. The van der Waals surface area contributed by atoms with Crippen LogP contribution in [0.15, 0.2) is 24.3 Å². The zero-order chi connectivity index (χ0) is 15.7. The van der Waals surface area contributed by atoms with Crippen LogP contribution in [0.2, 0.25) is 0 Å². The fraction of sp³-hybridized carbons (Fsp3) is 0.250. The molecule has 21 heavy (non-hydrogen) atoms. The summed E-state index contributed by atoms with van der Waals surface area (Å²) in [6, 6.07) is 4.22. The first-order valence-electron chi connectivity index (χ1n) is 5.90. The minimum absolute atomic E-state index is 0.0656. The van der Waals surface area contributed by atoms with Gasteiger partial charge in [-0.2, -0.15) is 0 Å².